The Morgan fingerprint density at radius 2 is 0.962 bits per heavy atom. The lowest BCUT2D eigenvalue weighted by molar-refractivity contribution is -0.150. The Morgan fingerprint density at radius 3 is 1.34 bits per heavy atom. The second-order valence-corrected chi connectivity index (χ2v) is 16.2. The number of primary amides is 1. The van der Waals surface area contributed by atoms with E-state index in [0.29, 0.717) is 24.0 Å². The van der Waals surface area contributed by atoms with Gasteiger partial charge in [0.15, 0.2) is 5.78 Å². The van der Waals surface area contributed by atoms with E-state index in [1.165, 1.54) is 155 Å². The first-order chi connectivity index (χ1) is 25.8. The molecule has 2 N–H and O–H groups in total. The Morgan fingerprint density at radius 1 is 0.566 bits per heavy atom. The van der Waals surface area contributed by atoms with Gasteiger partial charge in [-0.1, -0.05) is 193 Å². The third kappa shape index (κ3) is 16.9. The second-order valence-electron chi connectivity index (χ2n) is 16.2. The van der Waals surface area contributed by atoms with E-state index >= 15 is 0 Å². The predicted octanol–water partition coefficient (Wildman–Crippen LogP) is 12.0. The zero-order valence-electron chi connectivity index (χ0n) is 34.7. The topological polar surface area (TPSA) is 113 Å². The van der Waals surface area contributed by atoms with Crippen LogP contribution in [0.2, 0.25) is 0 Å². The fraction of sp³-hybridized carbons (Fsp3) is 0.826. The largest absolute Gasteiger partial charge is 0.468 e. The van der Waals surface area contributed by atoms with Crippen molar-refractivity contribution in [3.8, 4) is 0 Å². The van der Waals surface area contributed by atoms with Crippen molar-refractivity contribution in [3.63, 3.8) is 0 Å². The van der Waals surface area contributed by atoms with Crippen LogP contribution in [-0.4, -0.2) is 37.8 Å². The van der Waals surface area contributed by atoms with Gasteiger partial charge in [0, 0.05) is 11.5 Å². The summed E-state index contributed by atoms with van der Waals surface area (Å²) in [5, 5.41) is 0. The molecular weight excluding hydrogens is 663 g/mol. The van der Waals surface area contributed by atoms with Crippen LogP contribution in [0.1, 0.15) is 213 Å². The number of hydrogen-bond donors (Lipinski definition) is 1. The van der Waals surface area contributed by atoms with Crippen LogP contribution in [0, 0.1) is 17.8 Å². The van der Waals surface area contributed by atoms with E-state index in [4.69, 9.17) is 15.2 Å². The SMILES string of the molecule is CCCCCCCCCCCCCCCCC1=C(C(=O)OC)C2=C(C(=O)C(C(=O)OC)[C@H]2CCCCCCCCCCCCCCCC)C(C(N)=O)C1. The van der Waals surface area contributed by atoms with E-state index in [9.17, 15) is 19.2 Å². The van der Waals surface area contributed by atoms with Gasteiger partial charge >= 0.3 is 11.9 Å². The van der Waals surface area contributed by atoms with Gasteiger partial charge in [0.2, 0.25) is 5.91 Å². The first kappa shape index (κ1) is 46.7. The van der Waals surface area contributed by atoms with Crippen molar-refractivity contribution in [1.82, 2.24) is 0 Å². The summed E-state index contributed by atoms with van der Waals surface area (Å²) in [5.41, 5.74) is 7.95. The first-order valence-corrected chi connectivity index (χ1v) is 22.3. The quantitative estimate of drug-likeness (QED) is 0.0407. The Balaban J connectivity index is 1.96. The number of amides is 1. The molecule has 0 bridgehead atoms. The molecule has 0 aromatic heterocycles. The van der Waals surface area contributed by atoms with Crippen molar-refractivity contribution in [3.05, 3.63) is 22.3 Å². The predicted molar refractivity (Wildman–Crippen MR) is 217 cm³/mol. The van der Waals surface area contributed by atoms with Crippen molar-refractivity contribution in [1.29, 1.82) is 0 Å². The third-order valence-corrected chi connectivity index (χ3v) is 11.9. The maximum Gasteiger partial charge on any atom is 0.338 e. The van der Waals surface area contributed by atoms with E-state index in [2.05, 4.69) is 13.8 Å². The van der Waals surface area contributed by atoms with E-state index in [1.54, 1.807) is 0 Å². The number of nitrogens with two attached hydrogens (primary N) is 1. The average Bonchev–Trinajstić information content (AvgIpc) is 3.44. The minimum absolute atomic E-state index is 0.224. The monoisotopic (exact) mass is 742 g/mol. The highest BCUT2D eigenvalue weighted by atomic mass is 16.5. The van der Waals surface area contributed by atoms with Gasteiger partial charge in [0.1, 0.15) is 5.92 Å². The lowest BCUT2D eigenvalue weighted by atomic mass is 9.75. The molecule has 0 aromatic carbocycles. The van der Waals surface area contributed by atoms with Gasteiger partial charge < -0.3 is 15.2 Å². The number of hydrogen-bond acceptors (Lipinski definition) is 6. The molecule has 7 heteroatoms. The zero-order chi connectivity index (χ0) is 38.7. The molecule has 53 heavy (non-hydrogen) atoms. The summed E-state index contributed by atoms with van der Waals surface area (Å²) in [7, 11) is 2.65. The molecular formula is C46H79NO6. The molecule has 0 spiro atoms. The highest BCUT2D eigenvalue weighted by molar-refractivity contribution is 6.17. The number of carbonyl (C=O) groups is 4. The maximum absolute atomic E-state index is 13.9. The first-order valence-electron chi connectivity index (χ1n) is 22.3. The standard InChI is InChI=1S/C46H79NO6/c1-5-7-9-11-13-15-17-19-21-23-25-27-29-31-33-36-35-38(44(47)49)41-40(39(36)45(50)52-3)37(42(43(41)48)46(51)53-4)34-32-30-28-26-24-22-20-18-16-14-12-10-8-6-2/h37-38,42H,5-35H2,1-4H3,(H2,47,49)/t37-,38?,42?/m0/s1. The minimum atomic E-state index is -1.06. The highest BCUT2D eigenvalue weighted by Gasteiger charge is 2.53. The van der Waals surface area contributed by atoms with Gasteiger partial charge in [-0.2, -0.15) is 0 Å². The lowest BCUT2D eigenvalue weighted by Gasteiger charge is -2.28. The number of allylic oxidation sites excluding steroid dienone is 1. The van der Waals surface area contributed by atoms with Crippen molar-refractivity contribution in [2.45, 2.75) is 213 Å². The number of rotatable bonds is 33. The maximum atomic E-state index is 13.9. The van der Waals surface area contributed by atoms with Crippen molar-refractivity contribution < 1.29 is 28.7 Å². The van der Waals surface area contributed by atoms with Crippen LogP contribution in [0.5, 0.6) is 0 Å². The summed E-state index contributed by atoms with van der Waals surface area (Å²) in [6.45, 7) is 4.52. The summed E-state index contributed by atoms with van der Waals surface area (Å²) in [4.78, 5) is 53.4. The number of carbonyl (C=O) groups excluding carboxylic acids is 4. The molecule has 2 rings (SSSR count). The van der Waals surface area contributed by atoms with Gasteiger partial charge in [-0.25, -0.2) is 4.79 Å². The molecule has 0 aromatic rings. The van der Waals surface area contributed by atoms with Crippen molar-refractivity contribution in [2.24, 2.45) is 23.5 Å². The molecule has 0 saturated heterocycles. The highest BCUT2D eigenvalue weighted by Crippen LogP contribution is 2.50. The minimum Gasteiger partial charge on any atom is -0.468 e. The Kier molecular flexibility index (Phi) is 25.5. The summed E-state index contributed by atoms with van der Waals surface area (Å²) in [6, 6.07) is 0. The molecule has 3 atom stereocenters. The Hall–Kier alpha value is -2.44. The summed E-state index contributed by atoms with van der Waals surface area (Å²) >= 11 is 0. The van der Waals surface area contributed by atoms with Crippen molar-refractivity contribution >= 4 is 23.6 Å². The van der Waals surface area contributed by atoms with Crippen LogP contribution in [0.3, 0.4) is 0 Å². The molecule has 0 aliphatic heterocycles. The smallest absolute Gasteiger partial charge is 0.338 e. The number of ether oxygens (including phenoxy) is 2. The number of ketones is 1. The van der Waals surface area contributed by atoms with Crippen LogP contribution in [0.4, 0.5) is 0 Å². The normalized spacial score (nSPS) is 18.5. The van der Waals surface area contributed by atoms with Crippen LogP contribution >= 0.6 is 0 Å². The summed E-state index contributed by atoms with van der Waals surface area (Å²) in [5.74, 6) is -4.54. The van der Waals surface area contributed by atoms with Gasteiger partial charge in [-0.05, 0) is 31.3 Å². The lowest BCUT2D eigenvalue weighted by Crippen LogP contribution is -2.33. The molecule has 2 aliphatic rings. The molecule has 304 valence electrons. The Bertz CT molecular complexity index is 1140. The fourth-order valence-electron chi connectivity index (χ4n) is 8.80. The molecule has 0 saturated carbocycles. The molecule has 2 aliphatic carbocycles. The Labute approximate surface area is 324 Å². The average molecular weight is 742 g/mol. The molecule has 2 unspecified atom stereocenters. The van der Waals surface area contributed by atoms with Gasteiger partial charge in [-0.15, -0.1) is 0 Å². The van der Waals surface area contributed by atoms with Gasteiger partial charge in [-0.3, -0.25) is 14.4 Å². The van der Waals surface area contributed by atoms with Crippen LogP contribution < -0.4 is 5.73 Å². The fourth-order valence-corrected chi connectivity index (χ4v) is 8.80. The van der Waals surface area contributed by atoms with E-state index < -0.39 is 41.4 Å². The molecule has 7 nitrogen and oxygen atoms in total. The van der Waals surface area contributed by atoms with Crippen molar-refractivity contribution in [2.75, 3.05) is 14.2 Å². The van der Waals surface area contributed by atoms with Crippen LogP contribution in [0.15, 0.2) is 22.3 Å². The van der Waals surface area contributed by atoms with Crippen LogP contribution in [-0.2, 0) is 28.7 Å². The molecule has 0 radical (unpaired) electrons. The number of esters is 2. The third-order valence-electron chi connectivity index (χ3n) is 11.9. The summed E-state index contributed by atoms with van der Waals surface area (Å²) in [6.07, 6.45) is 36.4. The second kappa shape index (κ2) is 28.9. The van der Waals surface area contributed by atoms with Gasteiger partial charge in [0.25, 0.3) is 0 Å². The van der Waals surface area contributed by atoms with Gasteiger partial charge in [0.05, 0.1) is 25.7 Å². The zero-order valence-corrected chi connectivity index (χ0v) is 34.7. The summed E-state index contributed by atoms with van der Waals surface area (Å²) < 4.78 is 10.4. The number of methoxy groups -OCH3 is 2. The van der Waals surface area contributed by atoms with E-state index in [0.717, 1.165) is 44.1 Å². The number of Topliss-reactive ketones (excluding diaryl/α,β-unsaturated/α-hetero) is 1. The van der Waals surface area contributed by atoms with Crippen LogP contribution in [0.25, 0.3) is 0 Å². The number of unbranched alkanes of at least 4 members (excludes halogenated alkanes) is 26. The molecule has 0 fully saturated rings. The molecule has 0 heterocycles. The molecule has 1 amide bonds. The van der Waals surface area contributed by atoms with E-state index in [1.807, 2.05) is 0 Å². The van der Waals surface area contributed by atoms with E-state index in [-0.39, 0.29) is 12.0 Å².